The Morgan fingerprint density at radius 1 is 0.870 bits per heavy atom. The van der Waals surface area contributed by atoms with Crippen molar-refractivity contribution >= 4 is 22.2 Å². The zero-order chi connectivity index (χ0) is 16.1. The van der Waals surface area contributed by atoms with Gasteiger partial charge in [-0.15, -0.1) is 0 Å². The molecule has 0 fully saturated rings. The molecular weight excluding hydrogens is 352 g/mol. The van der Waals surface area contributed by atoms with Gasteiger partial charge in [-0.2, -0.15) is 0 Å². The third-order valence-corrected chi connectivity index (χ3v) is 4.05. The number of rotatable bonds is 5. The Kier molecular flexibility index (Phi) is 4.89. The first kappa shape index (κ1) is 15.5. The van der Waals surface area contributed by atoms with Gasteiger partial charge in [0, 0.05) is 15.6 Å². The molecule has 0 radical (unpaired) electrons. The first-order chi connectivity index (χ1) is 11.3. The van der Waals surface area contributed by atoms with Gasteiger partial charge >= 0.3 is 0 Å². The highest BCUT2D eigenvalue weighted by Crippen LogP contribution is 2.34. The average Bonchev–Trinajstić information content (AvgIpc) is 2.61. The molecule has 3 aromatic carbocycles. The quantitative estimate of drug-likeness (QED) is 0.556. The molecule has 0 amide bonds. The van der Waals surface area contributed by atoms with E-state index in [1.165, 1.54) is 0 Å². The lowest BCUT2D eigenvalue weighted by Crippen LogP contribution is -1.98. The van der Waals surface area contributed by atoms with E-state index in [0.717, 1.165) is 33.2 Å². The van der Waals surface area contributed by atoms with Gasteiger partial charge in [0.25, 0.3) is 0 Å². The summed E-state index contributed by atoms with van der Waals surface area (Å²) >= 11 is 3.49. The van der Waals surface area contributed by atoms with Crippen molar-refractivity contribution in [1.82, 2.24) is 0 Å². The van der Waals surface area contributed by atoms with Crippen LogP contribution in [-0.2, 0) is 6.61 Å². The topological polar surface area (TPSA) is 26.3 Å². The maximum absolute atomic E-state index is 11.3. The van der Waals surface area contributed by atoms with Gasteiger partial charge in [0.1, 0.15) is 12.4 Å². The van der Waals surface area contributed by atoms with Crippen LogP contribution < -0.4 is 4.74 Å². The summed E-state index contributed by atoms with van der Waals surface area (Å²) in [5.41, 5.74) is 3.52. The number of ether oxygens (including phenoxy) is 1. The minimum atomic E-state index is 0.485. The third kappa shape index (κ3) is 3.69. The largest absolute Gasteiger partial charge is 0.488 e. The molecule has 0 unspecified atom stereocenters. The van der Waals surface area contributed by atoms with Crippen molar-refractivity contribution in [3.63, 3.8) is 0 Å². The van der Waals surface area contributed by atoms with Crippen LogP contribution in [0.5, 0.6) is 5.75 Å². The number of carbonyl (C=O) groups is 1. The molecular formula is C20H15BrO2. The lowest BCUT2D eigenvalue weighted by Gasteiger charge is -2.13. The maximum Gasteiger partial charge on any atom is 0.150 e. The summed E-state index contributed by atoms with van der Waals surface area (Å²) < 4.78 is 6.94. The molecule has 0 aliphatic heterocycles. The predicted molar refractivity (Wildman–Crippen MR) is 95.7 cm³/mol. The Balaban J connectivity index is 1.96. The number of aldehydes is 1. The second-order valence-electron chi connectivity index (χ2n) is 5.12. The molecule has 0 spiro atoms. The molecule has 3 rings (SSSR count). The summed E-state index contributed by atoms with van der Waals surface area (Å²) in [5.74, 6) is 0.756. The van der Waals surface area contributed by atoms with Crippen molar-refractivity contribution in [3.8, 4) is 16.9 Å². The lowest BCUT2D eigenvalue weighted by molar-refractivity contribution is 0.112. The lowest BCUT2D eigenvalue weighted by atomic mass is 9.99. The molecule has 0 heterocycles. The minimum Gasteiger partial charge on any atom is -0.488 e. The fraction of sp³-hybridized carbons (Fsp3) is 0.0500. The first-order valence-corrected chi connectivity index (χ1v) is 8.08. The highest BCUT2D eigenvalue weighted by atomic mass is 79.9. The van der Waals surface area contributed by atoms with Gasteiger partial charge in [-0.05, 0) is 29.3 Å². The second-order valence-corrected chi connectivity index (χ2v) is 6.04. The normalized spacial score (nSPS) is 10.3. The molecule has 0 N–H and O–H groups in total. The van der Waals surface area contributed by atoms with Gasteiger partial charge in [0.2, 0.25) is 0 Å². The number of carbonyl (C=O) groups excluding carboxylic acids is 1. The van der Waals surface area contributed by atoms with Crippen LogP contribution in [0.2, 0.25) is 0 Å². The average molecular weight is 367 g/mol. The van der Waals surface area contributed by atoms with E-state index in [1.54, 1.807) is 0 Å². The number of benzene rings is 3. The molecule has 2 nitrogen and oxygen atoms in total. The van der Waals surface area contributed by atoms with Crippen LogP contribution in [0.1, 0.15) is 15.9 Å². The number of halogens is 1. The van der Waals surface area contributed by atoms with Crippen LogP contribution in [0.25, 0.3) is 11.1 Å². The molecule has 0 atom stereocenters. The van der Waals surface area contributed by atoms with E-state index >= 15 is 0 Å². The van der Waals surface area contributed by atoms with Crippen molar-refractivity contribution in [3.05, 3.63) is 88.4 Å². The molecule has 114 valence electrons. The predicted octanol–water partition coefficient (Wildman–Crippen LogP) is 5.51. The van der Waals surface area contributed by atoms with Gasteiger partial charge in [0.05, 0.1) is 0 Å². The van der Waals surface area contributed by atoms with Crippen LogP contribution in [0.4, 0.5) is 0 Å². The molecule has 3 aromatic rings. The Hall–Kier alpha value is -2.39. The van der Waals surface area contributed by atoms with Gasteiger partial charge in [-0.1, -0.05) is 70.5 Å². The van der Waals surface area contributed by atoms with Crippen LogP contribution in [-0.4, -0.2) is 6.29 Å². The fourth-order valence-corrected chi connectivity index (χ4v) is 2.78. The van der Waals surface area contributed by atoms with Gasteiger partial charge in [-0.3, -0.25) is 4.79 Å². The summed E-state index contributed by atoms with van der Waals surface area (Å²) in [6, 6.07) is 23.4. The molecule has 3 heteroatoms. The Morgan fingerprint density at radius 3 is 2.39 bits per heavy atom. The molecule has 0 saturated heterocycles. The molecule has 0 aliphatic rings. The Labute approximate surface area is 143 Å². The van der Waals surface area contributed by atoms with Crippen LogP contribution in [0.3, 0.4) is 0 Å². The summed E-state index contributed by atoms with van der Waals surface area (Å²) in [5, 5.41) is 0. The van der Waals surface area contributed by atoms with Crippen molar-refractivity contribution in [1.29, 1.82) is 0 Å². The Bertz CT molecular complexity index is 813. The maximum atomic E-state index is 11.3. The van der Waals surface area contributed by atoms with Crippen molar-refractivity contribution in [2.75, 3.05) is 0 Å². The van der Waals surface area contributed by atoms with E-state index in [2.05, 4.69) is 15.9 Å². The van der Waals surface area contributed by atoms with Crippen molar-refractivity contribution in [2.45, 2.75) is 6.61 Å². The van der Waals surface area contributed by atoms with E-state index in [1.807, 2.05) is 72.8 Å². The minimum absolute atomic E-state index is 0.485. The van der Waals surface area contributed by atoms with E-state index < -0.39 is 0 Å². The number of hydrogen-bond donors (Lipinski definition) is 0. The summed E-state index contributed by atoms with van der Waals surface area (Å²) in [6.07, 6.45) is 0.872. The van der Waals surface area contributed by atoms with Crippen LogP contribution in [0.15, 0.2) is 77.3 Å². The van der Waals surface area contributed by atoms with Crippen LogP contribution >= 0.6 is 15.9 Å². The fourth-order valence-electron chi connectivity index (χ4n) is 2.42. The molecule has 0 bridgehead atoms. The van der Waals surface area contributed by atoms with Crippen LogP contribution in [0, 0.1) is 0 Å². The van der Waals surface area contributed by atoms with E-state index in [-0.39, 0.29) is 0 Å². The summed E-state index contributed by atoms with van der Waals surface area (Å²) in [4.78, 5) is 11.3. The van der Waals surface area contributed by atoms with E-state index in [4.69, 9.17) is 4.74 Å². The smallest absolute Gasteiger partial charge is 0.150 e. The first-order valence-electron chi connectivity index (χ1n) is 7.29. The molecule has 23 heavy (non-hydrogen) atoms. The zero-order valence-electron chi connectivity index (χ0n) is 12.4. The monoisotopic (exact) mass is 366 g/mol. The van der Waals surface area contributed by atoms with Gasteiger partial charge < -0.3 is 4.74 Å². The number of hydrogen-bond acceptors (Lipinski definition) is 2. The van der Waals surface area contributed by atoms with Gasteiger partial charge in [0.15, 0.2) is 6.29 Å². The highest BCUT2D eigenvalue weighted by Gasteiger charge is 2.11. The van der Waals surface area contributed by atoms with E-state index in [0.29, 0.717) is 12.2 Å². The van der Waals surface area contributed by atoms with E-state index in [9.17, 15) is 4.79 Å². The molecule has 0 saturated carbocycles. The zero-order valence-corrected chi connectivity index (χ0v) is 14.0. The molecule has 0 aliphatic carbocycles. The van der Waals surface area contributed by atoms with Crippen molar-refractivity contribution in [2.24, 2.45) is 0 Å². The Morgan fingerprint density at radius 2 is 1.61 bits per heavy atom. The second kappa shape index (κ2) is 7.25. The summed E-state index contributed by atoms with van der Waals surface area (Å²) in [7, 11) is 0. The SMILES string of the molecule is O=Cc1ccccc1-c1cc(Br)ccc1OCc1ccccc1. The van der Waals surface area contributed by atoms with Gasteiger partial charge in [-0.25, -0.2) is 0 Å². The van der Waals surface area contributed by atoms with Crippen molar-refractivity contribution < 1.29 is 9.53 Å². The standard InChI is InChI=1S/C20H15BrO2/c21-17-10-11-20(23-14-15-6-2-1-3-7-15)19(12-17)18-9-5-4-8-16(18)13-22/h1-13H,14H2. The molecule has 0 aromatic heterocycles. The highest BCUT2D eigenvalue weighted by molar-refractivity contribution is 9.10. The third-order valence-electron chi connectivity index (χ3n) is 3.56. The summed E-state index contributed by atoms with van der Waals surface area (Å²) in [6.45, 7) is 0.485.